The molecule has 3 heteroatoms. The first-order valence-corrected chi connectivity index (χ1v) is 6.96. The molecule has 1 heterocycles. The lowest BCUT2D eigenvalue weighted by Crippen LogP contribution is -2.40. The van der Waals surface area contributed by atoms with Gasteiger partial charge in [-0.2, -0.15) is 0 Å². The first-order chi connectivity index (χ1) is 8.79. The molecular formula is C15H25N3. The van der Waals surface area contributed by atoms with Gasteiger partial charge >= 0.3 is 0 Å². The molecule has 2 rings (SSSR count). The highest BCUT2D eigenvalue weighted by Gasteiger charge is 2.24. The summed E-state index contributed by atoms with van der Waals surface area (Å²) in [5.41, 5.74) is 7.06. The van der Waals surface area contributed by atoms with Crippen LogP contribution in [-0.4, -0.2) is 49.1 Å². The topological polar surface area (TPSA) is 32.5 Å². The lowest BCUT2D eigenvalue weighted by molar-refractivity contribution is 0.191. The van der Waals surface area contributed by atoms with Crippen LogP contribution in [0.5, 0.6) is 0 Å². The van der Waals surface area contributed by atoms with Crippen molar-refractivity contribution in [2.75, 3.05) is 33.2 Å². The van der Waals surface area contributed by atoms with Crippen molar-refractivity contribution in [1.29, 1.82) is 0 Å². The minimum Gasteiger partial charge on any atom is -0.329 e. The summed E-state index contributed by atoms with van der Waals surface area (Å²) in [5.74, 6) is 0. The van der Waals surface area contributed by atoms with Crippen molar-refractivity contribution in [3.05, 3.63) is 35.9 Å². The standard InChI is InChI=1S/C15H25N3/c1-17(12-14-6-3-2-4-7-14)13-15-8-5-10-18(15)11-9-16/h2-4,6-7,15H,5,8-13,16H2,1H3/t15-/m0/s1. The van der Waals surface area contributed by atoms with E-state index in [1.54, 1.807) is 0 Å². The van der Waals surface area contributed by atoms with E-state index in [0.717, 1.165) is 26.2 Å². The largest absolute Gasteiger partial charge is 0.329 e. The van der Waals surface area contributed by atoms with Crippen LogP contribution in [0.25, 0.3) is 0 Å². The van der Waals surface area contributed by atoms with Gasteiger partial charge in [-0.1, -0.05) is 30.3 Å². The second-order valence-corrected chi connectivity index (χ2v) is 5.30. The zero-order valence-corrected chi connectivity index (χ0v) is 11.4. The van der Waals surface area contributed by atoms with E-state index in [1.807, 2.05) is 0 Å². The van der Waals surface area contributed by atoms with Crippen molar-refractivity contribution in [2.45, 2.75) is 25.4 Å². The Morgan fingerprint density at radius 3 is 2.83 bits per heavy atom. The highest BCUT2D eigenvalue weighted by Crippen LogP contribution is 2.17. The lowest BCUT2D eigenvalue weighted by Gasteiger charge is -2.28. The molecule has 0 bridgehead atoms. The minimum atomic E-state index is 0.697. The second-order valence-electron chi connectivity index (χ2n) is 5.30. The SMILES string of the molecule is CN(Cc1ccccc1)C[C@@H]1CCCN1CCN. The van der Waals surface area contributed by atoms with Gasteiger partial charge in [-0.15, -0.1) is 0 Å². The molecule has 1 saturated heterocycles. The van der Waals surface area contributed by atoms with Crippen LogP contribution in [0.2, 0.25) is 0 Å². The Kier molecular flexibility index (Phi) is 5.17. The van der Waals surface area contributed by atoms with E-state index in [0.29, 0.717) is 6.04 Å². The summed E-state index contributed by atoms with van der Waals surface area (Å²) in [7, 11) is 2.21. The molecule has 0 aromatic heterocycles. The Morgan fingerprint density at radius 1 is 1.33 bits per heavy atom. The molecule has 0 unspecified atom stereocenters. The Hall–Kier alpha value is -0.900. The van der Waals surface area contributed by atoms with Gasteiger partial charge in [-0.05, 0) is 32.0 Å². The van der Waals surface area contributed by atoms with Crippen molar-refractivity contribution in [3.63, 3.8) is 0 Å². The summed E-state index contributed by atoms with van der Waals surface area (Å²) in [6, 6.07) is 11.4. The quantitative estimate of drug-likeness (QED) is 0.827. The molecule has 0 aliphatic carbocycles. The van der Waals surface area contributed by atoms with E-state index < -0.39 is 0 Å². The van der Waals surface area contributed by atoms with Crippen molar-refractivity contribution in [3.8, 4) is 0 Å². The van der Waals surface area contributed by atoms with E-state index >= 15 is 0 Å². The number of hydrogen-bond donors (Lipinski definition) is 1. The van der Waals surface area contributed by atoms with Gasteiger partial charge in [0.2, 0.25) is 0 Å². The van der Waals surface area contributed by atoms with Gasteiger partial charge < -0.3 is 10.6 Å². The molecule has 0 spiro atoms. The molecule has 3 nitrogen and oxygen atoms in total. The smallest absolute Gasteiger partial charge is 0.0231 e. The molecule has 1 aliphatic rings. The van der Waals surface area contributed by atoms with Gasteiger partial charge in [-0.25, -0.2) is 0 Å². The third kappa shape index (κ3) is 3.80. The maximum absolute atomic E-state index is 5.67. The number of rotatable bonds is 6. The lowest BCUT2D eigenvalue weighted by atomic mass is 10.2. The average molecular weight is 247 g/mol. The van der Waals surface area contributed by atoms with E-state index in [2.05, 4.69) is 47.2 Å². The highest BCUT2D eigenvalue weighted by molar-refractivity contribution is 5.14. The normalized spacial score (nSPS) is 20.7. The van der Waals surface area contributed by atoms with Crippen LogP contribution in [0.3, 0.4) is 0 Å². The van der Waals surface area contributed by atoms with Crippen molar-refractivity contribution in [2.24, 2.45) is 5.73 Å². The van der Waals surface area contributed by atoms with Crippen LogP contribution in [-0.2, 0) is 6.54 Å². The van der Waals surface area contributed by atoms with Crippen molar-refractivity contribution in [1.82, 2.24) is 9.80 Å². The average Bonchev–Trinajstić information content (AvgIpc) is 2.78. The van der Waals surface area contributed by atoms with Gasteiger partial charge in [0, 0.05) is 32.2 Å². The first-order valence-electron chi connectivity index (χ1n) is 6.96. The summed E-state index contributed by atoms with van der Waals surface area (Å²) >= 11 is 0. The molecule has 0 radical (unpaired) electrons. The zero-order chi connectivity index (χ0) is 12.8. The molecule has 100 valence electrons. The maximum Gasteiger partial charge on any atom is 0.0231 e. The summed E-state index contributed by atoms with van der Waals surface area (Å²) < 4.78 is 0. The number of likely N-dealkylation sites (tertiary alicyclic amines) is 1. The molecule has 2 N–H and O–H groups in total. The van der Waals surface area contributed by atoms with Crippen LogP contribution in [0, 0.1) is 0 Å². The van der Waals surface area contributed by atoms with E-state index in [9.17, 15) is 0 Å². The number of likely N-dealkylation sites (N-methyl/N-ethyl adjacent to an activating group) is 1. The Morgan fingerprint density at radius 2 is 2.11 bits per heavy atom. The zero-order valence-electron chi connectivity index (χ0n) is 11.4. The van der Waals surface area contributed by atoms with Crippen LogP contribution in [0.4, 0.5) is 0 Å². The molecular weight excluding hydrogens is 222 g/mol. The van der Waals surface area contributed by atoms with Crippen LogP contribution >= 0.6 is 0 Å². The number of nitrogens with zero attached hydrogens (tertiary/aromatic N) is 2. The maximum atomic E-state index is 5.67. The fourth-order valence-electron chi connectivity index (χ4n) is 2.88. The predicted molar refractivity (Wildman–Crippen MR) is 76.4 cm³/mol. The highest BCUT2D eigenvalue weighted by atomic mass is 15.2. The van der Waals surface area contributed by atoms with Gasteiger partial charge in [0.25, 0.3) is 0 Å². The number of hydrogen-bond acceptors (Lipinski definition) is 3. The van der Waals surface area contributed by atoms with Gasteiger partial charge in [0.05, 0.1) is 0 Å². The molecule has 1 aromatic rings. The fourth-order valence-corrected chi connectivity index (χ4v) is 2.88. The molecule has 18 heavy (non-hydrogen) atoms. The third-order valence-electron chi connectivity index (χ3n) is 3.73. The van der Waals surface area contributed by atoms with Crippen LogP contribution in [0.1, 0.15) is 18.4 Å². The Labute approximate surface area is 111 Å². The first kappa shape index (κ1) is 13.5. The number of benzene rings is 1. The van der Waals surface area contributed by atoms with E-state index in [1.165, 1.54) is 24.9 Å². The van der Waals surface area contributed by atoms with Gasteiger partial charge in [-0.3, -0.25) is 4.90 Å². The predicted octanol–water partition coefficient (Wildman–Crippen LogP) is 1.54. The second kappa shape index (κ2) is 6.88. The van der Waals surface area contributed by atoms with Crippen molar-refractivity contribution < 1.29 is 0 Å². The summed E-state index contributed by atoms with van der Waals surface area (Å²) in [6.45, 7) is 5.23. The van der Waals surface area contributed by atoms with Gasteiger partial charge in [0.1, 0.15) is 0 Å². The summed E-state index contributed by atoms with van der Waals surface area (Å²) in [5, 5.41) is 0. The fraction of sp³-hybridized carbons (Fsp3) is 0.600. The monoisotopic (exact) mass is 247 g/mol. The minimum absolute atomic E-state index is 0.697. The molecule has 1 aliphatic heterocycles. The molecule has 1 fully saturated rings. The summed E-state index contributed by atoms with van der Waals surface area (Å²) in [4.78, 5) is 4.97. The molecule has 1 aromatic carbocycles. The van der Waals surface area contributed by atoms with Crippen molar-refractivity contribution >= 4 is 0 Å². The molecule has 0 amide bonds. The van der Waals surface area contributed by atoms with Crippen LogP contribution in [0.15, 0.2) is 30.3 Å². The molecule has 0 saturated carbocycles. The molecule has 1 atom stereocenters. The Balaban J connectivity index is 1.81. The third-order valence-corrected chi connectivity index (χ3v) is 3.73. The van der Waals surface area contributed by atoms with E-state index in [4.69, 9.17) is 5.73 Å². The van der Waals surface area contributed by atoms with Crippen LogP contribution < -0.4 is 5.73 Å². The van der Waals surface area contributed by atoms with E-state index in [-0.39, 0.29) is 0 Å². The Bertz CT molecular complexity index is 339. The summed E-state index contributed by atoms with van der Waals surface area (Å²) in [6.07, 6.45) is 2.64. The number of nitrogens with two attached hydrogens (primary N) is 1. The van der Waals surface area contributed by atoms with Gasteiger partial charge in [0.15, 0.2) is 0 Å².